The van der Waals surface area contributed by atoms with Crippen molar-refractivity contribution in [3.63, 3.8) is 0 Å². The van der Waals surface area contributed by atoms with Gasteiger partial charge in [0.05, 0.1) is 41.3 Å². The Morgan fingerprint density at radius 2 is 2.00 bits per heavy atom. The van der Waals surface area contributed by atoms with Gasteiger partial charge in [0, 0.05) is 42.5 Å². The fourth-order valence-corrected chi connectivity index (χ4v) is 6.22. The largest absolute Gasteiger partial charge is 0.506 e. The summed E-state index contributed by atoms with van der Waals surface area (Å²) in [5, 5.41) is 15.5. The highest BCUT2D eigenvalue weighted by Gasteiger charge is 2.40. The number of H-pyrrole nitrogens is 1. The Balaban J connectivity index is 1.43. The molecule has 0 radical (unpaired) electrons. The number of nitrogens with zero attached hydrogens (tertiary/aromatic N) is 5. The van der Waals surface area contributed by atoms with Crippen molar-refractivity contribution in [3.05, 3.63) is 81.9 Å². The van der Waals surface area contributed by atoms with Crippen LogP contribution in [0.25, 0.3) is 16.7 Å². The van der Waals surface area contributed by atoms with E-state index in [0.29, 0.717) is 41.7 Å². The summed E-state index contributed by atoms with van der Waals surface area (Å²) < 4.78 is 41.1. The molecule has 1 atom stereocenters. The van der Waals surface area contributed by atoms with Gasteiger partial charge in [0.15, 0.2) is 0 Å². The smallest absolute Gasteiger partial charge is 0.393 e. The molecule has 2 amide bonds. The number of phenols is 1. The highest BCUT2D eigenvalue weighted by molar-refractivity contribution is 9.10. The van der Waals surface area contributed by atoms with E-state index in [1.165, 1.54) is 24.5 Å². The number of nitrogens with one attached hydrogen (secondary N) is 1. The van der Waals surface area contributed by atoms with Crippen LogP contribution in [0, 0.1) is 0 Å². The van der Waals surface area contributed by atoms with Gasteiger partial charge in [-0.05, 0) is 51.8 Å². The predicted octanol–water partition coefficient (Wildman–Crippen LogP) is 4.63. The van der Waals surface area contributed by atoms with Crippen LogP contribution in [0.4, 0.5) is 13.2 Å². The average Bonchev–Trinajstić information content (AvgIpc) is 3.51. The number of alkyl halides is 3. The molecule has 2 aliphatic rings. The number of fused-ring (bicyclic) bond motifs is 1. The van der Waals surface area contributed by atoms with E-state index in [0.717, 1.165) is 21.8 Å². The van der Waals surface area contributed by atoms with Gasteiger partial charge >= 0.3 is 6.18 Å². The zero-order chi connectivity index (χ0) is 29.1. The molecule has 0 unspecified atom stereocenters. The van der Waals surface area contributed by atoms with Gasteiger partial charge in [0.2, 0.25) is 5.91 Å². The maximum Gasteiger partial charge on any atom is 0.393 e. The molecule has 0 saturated heterocycles. The van der Waals surface area contributed by atoms with Crippen molar-refractivity contribution in [3.8, 4) is 11.4 Å². The molecule has 13 heteroatoms. The standard InChI is InChI=1S/C28H24BrF3N6O3/c1-2-23(40)36-9-7-18-24-20(38(35-18)19-6-3-15(11-22(19)39)12-28(30,31)32)8-10-37(21(24)13-36)27(41)16-4-5-17(29)26-25(16)33-14-34-26/h2-6,11,14,21,39H,1,7-10,12-13H2,(H,33,34)/t21-/m1/s1. The monoisotopic (exact) mass is 628 g/mol. The topological polar surface area (TPSA) is 107 Å². The SMILES string of the molecule is C=CC(=O)N1CCc2nn(-c3ccc(CC(F)(F)F)cc3O)c3c2[C@@H](C1)N(C(=O)c1ccc(Br)c2[nH]cnc12)CC3. The Morgan fingerprint density at radius 1 is 1.20 bits per heavy atom. The van der Waals surface area contributed by atoms with Gasteiger partial charge in [0.25, 0.3) is 5.91 Å². The van der Waals surface area contributed by atoms with Gasteiger partial charge in [-0.1, -0.05) is 12.6 Å². The van der Waals surface area contributed by atoms with Crippen molar-refractivity contribution in [2.75, 3.05) is 19.6 Å². The number of aromatic amines is 1. The van der Waals surface area contributed by atoms with Crippen molar-refractivity contribution >= 4 is 38.8 Å². The summed E-state index contributed by atoms with van der Waals surface area (Å²) in [7, 11) is 0. The van der Waals surface area contributed by atoms with E-state index in [4.69, 9.17) is 5.10 Å². The first-order valence-corrected chi connectivity index (χ1v) is 13.7. The third-order valence-corrected chi connectivity index (χ3v) is 8.25. The molecule has 2 aliphatic heterocycles. The Hall–Kier alpha value is -4.13. The second-order valence-corrected chi connectivity index (χ2v) is 10.9. The van der Waals surface area contributed by atoms with E-state index in [9.17, 15) is 27.9 Å². The summed E-state index contributed by atoms with van der Waals surface area (Å²) in [6.07, 6.45) is -2.04. The number of rotatable bonds is 4. The van der Waals surface area contributed by atoms with Crippen molar-refractivity contribution < 1.29 is 27.9 Å². The molecule has 4 aromatic rings. The second-order valence-electron chi connectivity index (χ2n) is 10.1. The average molecular weight is 629 g/mol. The number of hydrogen-bond acceptors (Lipinski definition) is 5. The van der Waals surface area contributed by atoms with Crippen LogP contribution in [0.2, 0.25) is 0 Å². The highest BCUT2D eigenvalue weighted by Crippen LogP contribution is 2.39. The van der Waals surface area contributed by atoms with Crippen LogP contribution in [0.15, 0.2) is 53.8 Å². The molecule has 2 aromatic heterocycles. The van der Waals surface area contributed by atoms with Crippen LogP contribution >= 0.6 is 15.9 Å². The Bertz CT molecular complexity index is 1710. The van der Waals surface area contributed by atoms with E-state index < -0.39 is 18.6 Å². The van der Waals surface area contributed by atoms with Gasteiger partial charge in [-0.15, -0.1) is 0 Å². The zero-order valence-electron chi connectivity index (χ0n) is 21.6. The molecule has 4 heterocycles. The molecule has 2 aromatic carbocycles. The molecule has 212 valence electrons. The van der Waals surface area contributed by atoms with E-state index in [1.54, 1.807) is 26.6 Å². The molecule has 0 aliphatic carbocycles. The van der Waals surface area contributed by atoms with Crippen molar-refractivity contribution in [2.24, 2.45) is 0 Å². The molecular weight excluding hydrogens is 605 g/mol. The van der Waals surface area contributed by atoms with Crippen LogP contribution in [-0.4, -0.2) is 72.3 Å². The molecule has 6 rings (SSSR count). The Kier molecular flexibility index (Phi) is 6.63. The summed E-state index contributed by atoms with van der Waals surface area (Å²) in [4.78, 5) is 37.5. The van der Waals surface area contributed by atoms with Gasteiger partial charge in [-0.25, -0.2) is 9.67 Å². The fraction of sp³-hybridized carbons (Fsp3) is 0.286. The first-order chi connectivity index (χ1) is 19.6. The molecule has 0 bridgehead atoms. The van der Waals surface area contributed by atoms with Crippen LogP contribution in [-0.2, 0) is 24.1 Å². The van der Waals surface area contributed by atoms with Gasteiger partial charge in [-0.3, -0.25) is 9.59 Å². The Labute approximate surface area is 240 Å². The van der Waals surface area contributed by atoms with Crippen molar-refractivity contribution in [1.82, 2.24) is 29.5 Å². The molecule has 41 heavy (non-hydrogen) atoms. The highest BCUT2D eigenvalue weighted by atomic mass is 79.9. The quantitative estimate of drug-likeness (QED) is 0.321. The summed E-state index contributed by atoms with van der Waals surface area (Å²) in [6, 6.07) is 6.79. The lowest BCUT2D eigenvalue weighted by molar-refractivity contribution is -0.127. The maximum atomic E-state index is 14.1. The fourth-order valence-electron chi connectivity index (χ4n) is 5.78. The zero-order valence-corrected chi connectivity index (χ0v) is 23.2. The molecule has 0 saturated carbocycles. The number of halogens is 4. The minimum Gasteiger partial charge on any atom is -0.506 e. The van der Waals surface area contributed by atoms with E-state index in [2.05, 4.69) is 32.5 Å². The van der Waals surface area contributed by atoms with Gasteiger partial charge < -0.3 is 19.9 Å². The number of benzene rings is 2. The lowest BCUT2D eigenvalue weighted by atomic mass is 9.94. The lowest BCUT2D eigenvalue weighted by Crippen LogP contribution is -2.45. The minimum absolute atomic E-state index is 0.0616. The van der Waals surface area contributed by atoms with E-state index in [1.807, 2.05) is 0 Å². The Morgan fingerprint density at radius 3 is 2.73 bits per heavy atom. The summed E-state index contributed by atoms with van der Waals surface area (Å²) in [5.41, 5.74) is 3.97. The number of aromatic hydroxyl groups is 1. The number of phenolic OH excluding ortho intramolecular Hbond substituents is 1. The van der Waals surface area contributed by atoms with E-state index >= 15 is 0 Å². The van der Waals surface area contributed by atoms with Crippen LogP contribution in [0.5, 0.6) is 5.75 Å². The van der Waals surface area contributed by atoms with Crippen LogP contribution < -0.4 is 0 Å². The van der Waals surface area contributed by atoms with Gasteiger partial charge in [0.1, 0.15) is 17.0 Å². The van der Waals surface area contributed by atoms with E-state index in [-0.39, 0.29) is 41.9 Å². The first kappa shape index (κ1) is 27.1. The third-order valence-electron chi connectivity index (χ3n) is 7.59. The minimum atomic E-state index is -4.41. The van der Waals surface area contributed by atoms with Gasteiger partial charge in [-0.2, -0.15) is 18.3 Å². The predicted molar refractivity (Wildman–Crippen MR) is 147 cm³/mol. The maximum absolute atomic E-state index is 14.1. The number of amides is 2. The summed E-state index contributed by atoms with van der Waals surface area (Å²) in [5.74, 6) is -0.843. The summed E-state index contributed by atoms with van der Waals surface area (Å²) in [6.45, 7) is 4.44. The number of hydrogen-bond donors (Lipinski definition) is 2. The van der Waals surface area contributed by atoms with Crippen molar-refractivity contribution in [2.45, 2.75) is 31.5 Å². The number of imidazole rings is 1. The normalized spacial score (nSPS) is 16.9. The molecule has 2 N–H and O–H groups in total. The first-order valence-electron chi connectivity index (χ1n) is 12.9. The number of carbonyl (C=O) groups is 2. The van der Waals surface area contributed by atoms with Crippen molar-refractivity contribution in [1.29, 1.82) is 0 Å². The molecule has 9 nitrogen and oxygen atoms in total. The number of aromatic nitrogens is 4. The molecular formula is C28H24BrF3N6O3. The third kappa shape index (κ3) is 4.77. The summed E-state index contributed by atoms with van der Waals surface area (Å²) >= 11 is 3.48. The molecule has 0 fully saturated rings. The second kappa shape index (κ2) is 10.1. The van der Waals surface area contributed by atoms with Crippen LogP contribution in [0.3, 0.4) is 0 Å². The van der Waals surface area contributed by atoms with Crippen LogP contribution in [0.1, 0.15) is 38.9 Å². The number of carbonyl (C=O) groups excluding carboxylic acids is 2. The lowest BCUT2D eigenvalue weighted by Gasteiger charge is -2.38. The molecule has 0 spiro atoms.